The number of aryl methyl sites for hydroxylation is 1. The Morgan fingerprint density at radius 2 is 1.74 bits per heavy atom. The summed E-state index contributed by atoms with van der Waals surface area (Å²) in [4.78, 5) is 16.9. The van der Waals surface area contributed by atoms with Crippen LogP contribution in [-0.2, 0) is 4.79 Å². The molecule has 1 aliphatic carbocycles. The van der Waals surface area contributed by atoms with E-state index in [2.05, 4.69) is 36.1 Å². The second-order valence-corrected chi connectivity index (χ2v) is 6.30. The second-order valence-electron chi connectivity index (χ2n) is 6.30. The molecule has 2 atom stereocenters. The first-order chi connectivity index (χ1) is 10.2. The lowest BCUT2D eigenvalue weighted by atomic mass is 10.0. The van der Waals surface area contributed by atoms with E-state index < -0.39 is 0 Å². The van der Waals surface area contributed by atoms with Crippen LogP contribution in [0, 0.1) is 12.8 Å². The van der Waals surface area contributed by atoms with E-state index in [4.69, 9.17) is 5.73 Å². The summed E-state index contributed by atoms with van der Waals surface area (Å²) in [7, 11) is 0. The Morgan fingerprint density at radius 3 is 2.30 bits per heavy atom. The molecule has 1 saturated heterocycles. The van der Waals surface area contributed by atoms with E-state index in [-0.39, 0.29) is 42.7 Å². The summed E-state index contributed by atoms with van der Waals surface area (Å²) >= 11 is 0. The number of carbonyl (C=O) groups is 1. The van der Waals surface area contributed by atoms with Crippen LogP contribution in [-0.4, -0.2) is 43.0 Å². The van der Waals surface area contributed by atoms with E-state index in [9.17, 15) is 4.79 Å². The maximum atomic E-state index is 12.5. The Balaban J connectivity index is 0.00000132. The van der Waals surface area contributed by atoms with Gasteiger partial charge in [0.25, 0.3) is 0 Å². The van der Waals surface area contributed by atoms with Crippen molar-refractivity contribution < 1.29 is 4.79 Å². The van der Waals surface area contributed by atoms with Gasteiger partial charge >= 0.3 is 0 Å². The van der Waals surface area contributed by atoms with Crippen molar-refractivity contribution in [2.75, 3.05) is 31.1 Å². The van der Waals surface area contributed by atoms with E-state index in [1.165, 1.54) is 11.3 Å². The van der Waals surface area contributed by atoms with Crippen LogP contribution >= 0.6 is 24.8 Å². The minimum Gasteiger partial charge on any atom is -0.368 e. The molecular formula is C17H27Cl2N3O. The van der Waals surface area contributed by atoms with Crippen LogP contribution in [0.2, 0.25) is 0 Å². The Bertz CT molecular complexity index is 518. The third-order valence-corrected chi connectivity index (χ3v) is 4.93. The molecule has 6 heteroatoms. The molecule has 0 radical (unpaired) electrons. The second kappa shape index (κ2) is 8.76. The molecule has 1 aromatic carbocycles. The van der Waals surface area contributed by atoms with Crippen molar-refractivity contribution in [3.63, 3.8) is 0 Å². The van der Waals surface area contributed by atoms with Crippen LogP contribution in [0.15, 0.2) is 24.3 Å². The van der Waals surface area contributed by atoms with Crippen LogP contribution in [0.4, 0.5) is 5.69 Å². The van der Waals surface area contributed by atoms with Crippen molar-refractivity contribution in [1.82, 2.24) is 4.90 Å². The molecule has 2 unspecified atom stereocenters. The maximum absolute atomic E-state index is 12.5. The van der Waals surface area contributed by atoms with Gasteiger partial charge in [-0.05, 0) is 31.4 Å². The number of benzene rings is 1. The number of nitrogens with zero attached hydrogens (tertiary/aromatic N) is 2. The summed E-state index contributed by atoms with van der Waals surface area (Å²) in [5.74, 6) is 0.347. The van der Waals surface area contributed by atoms with E-state index in [1.807, 2.05) is 4.90 Å². The van der Waals surface area contributed by atoms with Crippen LogP contribution in [0.25, 0.3) is 0 Å². The number of anilines is 1. The molecule has 0 bridgehead atoms. The molecule has 0 aromatic heterocycles. The zero-order valence-corrected chi connectivity index (χ0v) is 15.2. The van der Waals surface area contributed by atoms with Gasteiger partial charge in [0.05, 0.1) is 5.92 Å². The third kappa shape index (κ3) is 4.31. The van der Waals surface area contributed by atoms with Gasteiger partial charge in [-0.25, -0.2) is 0 Å². The average Bonchev–Trinajstić information content (AvgIpc) is 2.93. The summed E-state index contributed by atoms with van der Waals surface area (Å²) in [6.07, 6.45) is 3.07. The van der Waals surface area contributed by atoms with Crippen LogP contribution < -0.4 is 10.6 Å². The fourth-order valence-corrected chi connectivity index (χ4v) is 3.62. The van der Waals surface area contributed by atoms with Gasteiger partial charge in [-0.2, -0.15) is 0 Å². The molecular weight excluding hydrogens is 333 g/mol. The maximum Gasteiger partial charge on any atom is 0.227 e. The number of amides is 1. The smallest absolute Gasteiger partial charge is 0.227 e. The molecule has 3 rings (SSSR count). The van der Waals surface area contributed by atoms with Gasteiger partial charge in [0.2, 0.25) is 5.91 Å². The molecule has 2 N–H and O–H groups in total. The normalized spacial score (nSPS) is 23.9. The monoisotopic (exact) mass is 359 g/mol. The first kappa shape index (κ1) is 20.1. The number of halogens is 2. The van der Waals surface area contributed by atoms with Crippen molar-refractivity contribution in [3.8, 4) is 0 Å². The molecule has 2 fully saturated rings. The highest BCUT2D eigenvalue weighted by Crippen LogP contribution is 2.27. The highest BCUT2D eigenvalue weighted by atomic mass is 35.5. The third-order valence-electron chi connectivity index (χ3n) is 4.93. The highest BCUT2D eigenvalue weighted by molar-refractivity contribution is 5.85. The van der Waals surface area contributed by atoms with Crippen molar-refractivity contribution in [1.29, 1.82) is 0 Å². The molecule has 1 amide bonds. The molecule has 23 heavy (non-hydrogen) atoms. The van der Waals surface area contributed by atoms with E-state index in [0.717, 1.165) is 45.4 Å². The van der Waals surface area contributed by atoms with E-state index in [1.54, 1.807) is 0 Å². The van der Waals surface area contributed by atoms with Crippen LogP contribution in [0.5, 0.6) is 0 Å². The zero-order valence-electron chi connectivity index (χ0n) is 13.6. The standard InChI is InChI=1S/C17H25N3O.2ClH/c1-13-5-2-3-8-16(13)19-9-11-20(12-10-19)17(21)14-6-4-7-15(14)18;;/h2-3,5,8,14-15H,4,6-7,9-12,18H2,1H3;2*1H. The topological polar surface area (TPSA) is 49.6 Å². The number of rotatable bonds is 2. The van der Waals surface area contributed by atoms with Crippen LogP contribution in [0.3, 0.4) is 0 Å². The van der Waals surface area contributed by atoms with Crippen molar-refractivity contribution >= 4 is 36.4 Å². The first-order valence-electron chi connectivity index (χ1n) is 8.02. The van der Waals surface area contributed by atoms with Gasteiger partial charge in [-0.1, -0.05) is 24.6 Å². The highest BCUT2D eigenvalue weighted by Gasteiger charge is 2.34. The summed E-state index contributed by atoms with van der Waals surface area (Å²) < 4.78 is 0. The number of hydrogen-bond acceptors (Lipinski definition) is 3. The van der Waals surface area contributed by atoms with Crippen molar-refractivity contribution in [2.24, 2.45) is 11.7 Å². The predicted molar refractivity (Wildman–Crippen MR) is 99.8 cm³/mol. The number of carbonyl (C=O) groups excluding carboxylic acids is 1. The van der Waals surface area contributed by atoms with Crippen molar-refractivity contribution in [2.45, 2.75) is 32.2 Å². The number of piperazine rings is 1. The van der Waals surface area contributed by atoms with Gasteiger partial charge in [0, 0.05) is 37.9 Å². The van der Waals surface area contributed by atoms with Gasteiger partial charge in [-0.3, -0.25) is 4.79 Å². The number of nitrogens with two attached hydrogens (primary N) is 1. The van der Waals surface area contributed by atoms with Gasteiger partial charge in [-0.15, -0.1) is 24.8 Å². The number of para-hydroxylation sites is 1. The summed E-state index contributed by atoms with van der Waals surface area (Å²) in [6, 6.07) is 8.54. The lowest BCUT2D eigenvalue weighted by Crippen LogP contribution is -2.52. The fourth-order valence-electron chi connectivity index (χ4n) is 3.62. The minimum atomic E-state index is 0. The lowest BCUT2D eigenvalue weighted by Gasteiger charge is -2.38. The lowest BCUT2D eigenvalue weighted by molar-refractivity contribution is -0.136. The fraction of sp³-hybridized carbons (Fsp3) is 0.588. The summed E-state index contributed by atoms with van der Waals surface area (Å²) in [6.45, 7) is 5.61. The molecule has 4 nitrogen and oxygen atoms in total. The summed E-state index contributed by atoms with van der Waals surface area (Å²) in [5.41, 5.74) is 8.66. The van der Waals surface area contributed by atoms with Gasteiger partial charge in [0.1, 0.15) is 0 Å². The first-order valence-corrected chi connectivity index (χ1v) is 8.02. The predicted octanol–water partition coefficient (Wildman–Crippen LogP) is 2.61. The largest absolute Gasteiger partial charge is 0.368 e. The average molecular weight is 360 g/mol. The Labute approximate surface area is 151 Å². The molecule has 1 aromatic rings. The zero-order chi connectivity index (χ0) is 14.8. The molecule has 1 aliphatic heterocycles. The van der Waals surface area contributed by atoms with E-state index >= 15 is 0 Å². The van der Waals surface area contributed by atoms with Crippen LogP contribution in [0.1, 0.15) is 24.8 Å². The summed E-state index contributed by atoms with van der Waals surface area (Å²) in [5, 5.41) is 0. The SMILES string of the molecule is Cc1ccccc1N1CCN(C(=O)C2CCCC2N)CC1.Cl.Cl. The Hall–Kier alpha value is -0.970. The number of hydrogen-bond donors (Lipinski definition) is 1. The Kier molecular flexibility index (Phi) is 7.65. The molecule has 1 saturated carbocycles. The molecule has 0 spiro atoms. The Morgan fingerprint density at radius 1 is 1.09 bits per heavy atom. The van der Waals surface area contributed by atoms with Crippen molar-refractivity contribution in [3.05, 3.63) is 29.8 Å². The minimum absolute atomic E-state index is 0. The molecule has 2 aliphatic rings. The molecule has 130 valence electrons. The quantitative estimate of drug-likeness (QED) is 0.882. The molecule has 1 heterocycles. The van der Waals surface area contributed by atoms with Gasteiger partial charge < -0.3 is 15.5 Å². The van der Waals surface area contributed by atoms with E-state index in [0.29, 0.717) is 0 Å². The van der Waals surface area contributed by atoms with Gasteiger partial charge in [0.15, 0.2) is 0 Å².